The first-order chi connectivity index (χ1) is 14.7. The number of carbonyl (C=O) groups excluding carboxylic acids is 1. The highest BCUT2D eigenvalue weighted by Gasteiger charge is 2.46. The smallest absolute Gasteiger partial charge is 0.248 e. The van der Waals surface area contributed by atoms with Crippen LogP contribution in [-0.2, 0) is 5.41 Å². The molecule has 3 N–H and O–H groups in total. The lowest BCUT2D eigenvalue weighted by Gasteiger charge is -2.50. The third-order valence-corrected chi connectivity index (χ3v) is 7.73. The maximum Gasteiger partial charge on any atom is 0.248 e. The summed E-state index contributed by atoms with van der Waals surface area (Å²) in [6, 6.07) is 16.0. The van der Waals surface area contributed by atoms with Crippen LogP contribution in [0, 0.1) is 5.92 Å². The number of primary amides is 1. The molecule has 5 heteroatoms. The predicted octanol–water partition coefficient (Wildman–Crippen LogP) is 3.70. The van der Waals surface area contributed by atoms with E-state index >= 15 is 0 Å². The highest BCUT2D eigenvalue weighted by Crippen LogP contribution is 2.47. The number of piperidine rings is 1. The number of nitrogens with zero attached hydrogens (tertiary/aromatic N) is 1. The van der Waals surface area contributed by atoms with Crippen LogP contribution in [0.5, 0.6) is 5.75 Å². The highest BCUT2D eigenvalue weighted by molar-refractivity contribution is 5.92. The van der Waals surface area contributed by atoms with Crippen molar-refractivity contribution in [1.29, 1.82) is 0 Å². The maximum absolute atomic E-state index is 11.6. The molecular weight excluding hydrogens is 388 g/mol. The molecule has 2 aromatic carbocycles. The average Bonchev–Trinajstić information content (AvgIpc) is 2.75. The Balaban J connectivity index is 1.36. The van der Waals surface area contributed by atoms with Crippen molar-refractivity contribution in [2.75, 3.05) is 26.7 Å². The standard InChI is InChI=1S/C26H34N2O3/c1-18-16-28(12-11-25(18,2)22-6-4-5-20(13-22)24(27)29)17-26(30)14-21(15-26)19-7-9-23(31-3)10-8-19/h4-10,13,18,21,30H,11-12,14-17H2,1-3H3,(H2,27,29)/t18-,21?,25+,26?/m1/s1. The molecule has 2 aromatic rings. The summed E-state index contributed by atoms with van der Waals surface area (Å²) in [6.07, 6.45) is 2.61. The van der Waals surface area contributed by atoms with Crippen molar-refractivity contribution in [2.24, 2.45) is 11.7 Å². The molecule has 2 atom stereocenters. The maximum atomic E-state index is 11.6. The minimum absolute atomic E-state index is 0.00414. The number of ether oxygens (including phenoxy) is 1. The zero-order valence-electron chi connectivity index (χ0n) is 18.8. The van der Waals surface area contributed by atoms with Gasteiger partial charge in [-0.25, -0.2) is 0 Å². The Kier molecular flexibility index (Phi) is 5.84. The van der Waals surface area contributed by atoms with E-state index in [0.29, 0.717) is 17.4 Å². The molecule has 166 valence electrons. The van der Waals surface area contributed by atoms with E-state index in [1.807, 2.05) is 24.3 Å². The van der Waals surface area contributed by atoms with E-state index in [9.17, 15) is 9.90 Å². The van der Waals surface area contributed by atoms with Gasteiger partial charge in [0.05, 0.1) is 12.7 Å². The first-order valence-corrected chi connectivity index (χ1v) is 11.2. The Hall–Kier alpha value is -2.37. The van der Waals surface area contributed by atoms with Gasteiger partial charge in [-0.15, -0.1) is 0 Å². The monoisotopic (exact) mass is 422 g/mol. The van der Waals surface area contributed by atoms with Gasteiger partial charge in [-0.3, -0.25) is 4.79 Å². The molecule has 1 amide bonds. The molecule has 0 radical (unpaired) electrons. The topological polar surface area (TPSA) is 75.8 Å². The quantitative estimate of drug-likeness (QED) is 0.744. The zero-order chi connectivity index (χ0) is 22.2. The lowest BCUT2D eigenvalue weighted by molar-refractivity contribution is -0.0815. The Morgan fingerprint density at radius 1 is 1.23 bits per heavy atom. The van der Waals surface area contributed by atoms with Crippen LogP contribution in [0.4, 0.5) is 0 Å². The van der Waals surface area contributed by atoms with Crippen molar-refractivity contribution in [1.82, 2.24) is 4.90 Å². The molecule has 1 aliphatic heterocycles. The van der Waals surface area contributed by atoms with Crippen molar-refractivity contribution in [2.45, 2.75) is 50.0 Å². The van der Waals surface area contributed by atoms with E-state index in [1.54, 1.807) is 13.2 Å². The van der Waals surface area contributed by atoms with Gasteiger partial charge in [-0.05, 0) is 78.5 Å². The molecule has 0 unspecified atom stereocenters. The second-order valence-corrected chi connectivity index (χ2v) is 9.85. The van der Waals surface area contributed by atoms with Crippen LogP contribution in [0.2, 0.25) is 0 Å². The van der Waals surface area contributed by atoms with Gasteiger partial charge < -0.3 is 20.5 Å². The molecule has 5 nitrogen and oxygen atoms in total. The van der Waals surface area contributed by atoms with Gasteiger partial charge in [0.2, 0.25) is 5.91 Å². The van der Waals surface area contributed by atoms with Gasteiger partial charge in [0.15, 0.2) is 0 Å². The normalized spacial score (nSPS) is 31.1. The number of likely N-dealkylation sites (tertiary alicyclic amines) is 1. The van der Waals surface area contributed by atoms with Gasteiger partial charge in [0, 0.05) is 18.7 Å². The first-order valence-electron chi connectivity index (χ1n) is 11.2. The van der Waals surface area contributed by atoms with Crippen molar-refractivity contribution in [3.63, 3.8) is 0 Å². The largest absolute Gasteiger partial charge is 0.497 e. The molecule has 1 heterocycles. The van der Waals surface area contributed by atoms with E-state index < -0.39 is 5.60 Å². The van der Waals surface area contributed by atoms with Crippen molar-refractivity contribution in [3.8, 4) is 5.75 Å². The van der Waals surface area contributed by atoms with E-state index in [-0.39, 0.29) is 11.3 Å². The molecule has 0 spiro atoms. The second-order valence-electron chi connectivity index (χ2n) is 9.85. The summed E-state index contributed by atoms with van der Waals surface area (Å²) in [6.45, 7) is 7.16. The molecule has 4 rings (SSSR count). The molecule has 2 fully saturated rings. The van der Waals surface area contributed by atoms with Crippen molar-refractivity contribution in [3.05, 3.63) is 65.2 Å². The van der Waals surface area contributed by atoms with Crippen molar-refractivity contribution >= 4 is 5.91 Å². The van der Waals surface area contributed by atoms with Gasteiger partial charge in [-0.1, -0.05) is 38.1 Å². The lowest BCUT2D eigenvalue weighted by Crippen LogP contribution is -2.56. The number of aliphatic hydroxyl groups is 1. The molecule has 0 bridgehead atoms. The van der Waals surface area contributed by atoms with Crippen LogP contribution in [-0.4, -0.2) is 48.3 Å². The zero-order valence-corrected chi connectivity index (χ0v) is 18.8. The van der Waals surface area contributed by atoms with E-state index in [4.69, 9.17) is 10.5 Å². The van der Waals surface area contributed by atoms with Crippen LogP contribution in [0.1, 0.15) is 60.5 Å². The van der Waals surface area contributed by atoms with Crippen LogP contribution in [0.3, 0.4) is 0 Å². The summed E-state index contributed by atoms with van der Waals surface area (Å²) in [5, 5.41) is 11.1. The number of rotatable bonds is 6. The van der Waals surface area contributed by atoms with Gasteiger partial charge >= 0.3 is 0 Å². The van der Waals surface area contributed by atoms with Crippen LogP contribution in [0.15, 0.2) is 48.5 Å². The number of carbonyl (C=O) groups is 1. The fourth-order valence-electron chi connectivity index (χ4n) is 5.43. The van der Waals surface area contributed by atoms with Crippen LogP contribution >= 0.6 is 0 Å². The number of amides is 1. The summed E-state index contributed by atoms with van der Waals surface area (Å²) in [5.41, 5.74) is 7.91. The molecule has 1 aliphatic carbocycles. The Morgan fingerprint density at radius 2 is 1.94 bits per heavy atom. The first kappa shape index (κ1) is 21.8. The molecule has 1 saturated heterocycles. The average molecular weight is 423 g/mol. The van der Waals surface area contributed by atoms with Crippen molar-refractivity contribution < 1.29 is 14.6 Å². The third-order valence-electron chi connectivity index (χ3n) is 7.73. The number of hydrogen-bond acceptors (Lipinski definition) is 4. The predicted molar refractivity (Wildman–Crippen MR) is 122 cm³/mol. The summed E-state index contributed by atoms with van der Waals surface area (Å²) in [5.74, 6) is 1.31. The number of β-amino-alcohol motifs (C(OH)–C–C–N with tert-alkyl or cyclic N) is 1. The fourth-order valence-corrected chi connectivity index (χ4v) is 5.43. The fraction of sp³-hybridized carbons (Fsp3) is 0.500. The molecule has 31 heavy (non-hydrogen) atoms. The van der Waals surface area contributed by atoms with E-state index in [1.165, 1.54) is 11.1 Å². The number of nitrogens with two attached hydrogens (primary N) is 1. The van der Waals surface area contributed by atoms with E-state index in [2.05, 4.69) is 36.9 Å². The van der Waals surface area contributed by atoms with Gasteiger partial charge in [0.25, 0.3) is 0 Å². The summed E-state index contributed by atoms with van der Waals surface area (Å²) < 4.78 is 5.24. The Labute approximate surface area is 185 Å². The number of methoxy groups -OCH3 is 1. The van der Waals surface area contributed by atoms with Crippen LogP contribution < -0.4 is 10.5 Å². The summed E-state index contributed by atoms with van der Waals surface area (Å²) in [7, 11) is 1.68. The lowest BCUT2D eigenvalue weighted by atomic mass is 9.65. The molecule has 2 aliphatic rings. The summed E-state index contributed by atoms with van der Waals surface area (Å²) >= 11 is 0. The number of hydrogen-bond donors (Lipinski definition) is 2. The minimum Gasteiger partial charge on any atom is -0.497 e. The number of benzene rings is 2. The Morgan fingerprint density at radius 3 is 2.55 bits per heavy atom. The molecule has 1 saturated carbocycles. The highest BCUT2D eigenvalue weighted by atomic mass is 16.5. The van der Waals surface area contributed by atoms with E-state index in [0.717, 1.165) is 44.6 Å². The summed E-state index contributed by atoms with van der Waals surface area (Å²) in [4.78, 5) is 14.0. The van der Waals surface area contributed by atoms with Crippen LogP contribution in [0.25, 0.3) is 0 Å². The molecular formula is C26H34N2O3. The second kappa shape index (κ2) is 8.29. The molecule has 0 aromatic heterocycles. The third kappa shape index (κ3) is 4.35. The van der Waals surface area contributed by atoms with Gasteiger partial charge in [0.1, 0.15) is 5.75 Å². The minimum atomic E-state index is -0.607. The Bertz CT molecular complexity index is 936. The van der Waals surface area contributed by atoms with Gasteiger partial charge in [-0.2, -0.15) is 0 Å². The SMILES string of the molecule is COc1ccc(C2CC(O)(CN3CC[C@](C)(c4cccc(C(N)=O)c4)[C@H](C)C3)C2)cc1.